The standard InChI is InChI=1S/C13H8BrN5S/c14-10-6-16-12-9(5-18-19(12)11(10)15)8-3-7-1-2-20-13(7)17-4-8/h1-6H,15H2. The van der Waals surface area contributed by atoms with Crippen LogP contribution in [0, 0.1) is 0 Å². The minimum atomic E-state index is 0.533. The van der Waals surface area contributed by atoms with Crippen LogP contribution >= 0.6 is 27.3 Å². The van der Waals surface area contributed by atoms with Crippen LogP contribution in [0.5, 0.6) is 0 Å². The first-order valence-electron chi connectivity index (χ1n) is 5.85. The van der Waals surface area contributed by atoms with Gasteiger partial charge in [-0.3, -0.25) is 0 Å². The average molecular weight is 346 g/mol. The van der Waals surface area contributed by atoms with Gasteiger partial charge in [0.1, 0.15) is 10.6 Å². The summed E-state index contributed by atoms with van der Waals surface area (Å²) in [5, 5.41) is 7.45. The SMILES string of the molecule is Nc1c(Br)cnc2c(-c3cnc4sccc4c3)cnn12. The first kappa shape index (κ1) is 11.8. The molecule has 0 saturated heterocycles. The number of thiophene rings is 1. The van der Waals surface area contributed by atoms with Crippen molar-refractivity contribution in [2.45, 2.75) is 0 Å². The van der Waals surface area contributed by atoms with E-state index in [1.54, 1.807) is 28.2 Å². The zero-order valence-electron chi connectivity index (χ0n) is 10.1. The molecule has 4 heterocycles. The minimum absolute atomic E-state index is 0.533. The summed E-state index contributed by atoms with van der Waals surface area (Å²) in [4.78, 5) is 9.88. The second-order valence-corrected chi connectivity index (χ2v) is 6.07. The predicted octanol–water partition coefficient (Wildman–Crippen LogP) is 3.35. The third-order valence-electron chi connectivity index (χ3n) is 3.13. The first-order valence-corrected chi connectivity index (χ1v) is 7.52. The second-order valence-electron chi connectivity index (χ2n) is 4.32. The molecule has 7 heteroatoms. The van der Waals surface area contributed by atoms with E-state index >= 15 is 0 Å². The lowest BCUT2D eigenvalue weighted by Crippen LogP contribution is -2.00. The summed E-state index contributed by atoms with van der Waals surface area (Å²) in [6, 6.07) is 4.15. The van der Waals surface area contributed by atoms with Crippen molar-refractivity contribution in [3.63, 3.8) is 0 Å². The number of nitrogens with zero attached hydrogens (tertiary/aromatic N) is 4. The number of nitrogens with two attached hydrogens (primary N) is 1. The summed E-state index contributed by atoms with van der Waals surface area (Å²) >= 11 is 4.98. The average Bonchev–Trinajstić information content (AvgIpc) is 3.08. The lowest BCUT2D eigenvalue weighted by Gasteiger charge is -2.02. The molecule has 0 aliphatic rings. The van der Waals surface area contributed by atoms with Crippen molar-refractivity contribution in [1.29, 1.82) is 0 Å². The van der Waals surface area contributed by atoms with Crippen LogP contribution in [0.4, 0.5) is 5.82 Å². The fraction of sp³-hybridized carbons (Fsp3) is 0. The minimum Gasteiger partial charge on any atom is -0.383 e. The Balaban J connectivity index is 1.99. The van der Waals surface area contributed by atoms with E-state index in [1.165, 1.54) is 0 Å². The van der Waals surface area contributed by atoms with Crippen LogP contribution in [0.1, 0.15) is 0 Å². The largest absolute Gasteiger partial charge is 0.383 e. The van der Waals surface area contributed by atoms with Gasteiger partial charge in [0.05, 0.1) is 10.7 Å². The monoisotopic (exact) mass is 345 g/mol. The molecular formula is C13H8BrN5S. The van der Waals surface area contributed by atoms with E-state index in [2.05, 4.69) is 43.1 Å². The highest BCUT2D eigenvalue weighted by Gasteiger charge is 2.12. The van der Waals surface area contributed by atoms with Crippen LogP contribution < -0.4 is 5.73 Å². The Kier molecular flexibility index (Phi) is 2.51. The summed E-state index contributed by atoms with van der Waals surface area (Å²) in [5.74, 6) is 0.533. The Morgan fingerprint density at radius 2 is 2.10 bits per heavy atom. The van der Waals surface area contributed by atoms with Crippen LogP contribution in [0.3, 0.4) is 0 Å². The summed E-state index contributed by atoms with van der Waals surface area (Å²) in [6.45, 7) is 0. The third kappa shape index (κ3) is 1.63. The smallest absolute Gasteiger partial charge is 0.165 e. The number of nitrogen functional groups attached to an aromatic ring is 1. The maximum atomic E-state index is 5.98. The van der Waals surface area contributed by atoms with E-state index < -0.39 is 0 Å². The fourth-order valence-corrected chi connectivity index (χ4v) is 3.13. The molecular weight excluding hydrogens is 338 g/mol. The first-order chi connectivity index (χ1) is 9.74. The molecule has 98 valence electrons. The number of hydrogen-bond acceptors (Lipinski definition) is 5. The number of halogens is 1. The second kappa shape index (κ2) is 4.26. The van der Waals surface area contributed by atoms with Crippen molar-refractivity contribution >= 4 is 48.9 Å². The van der Waals surface area contributed by atoms with Crippen molar-refractivity contribution < 1.29 is 0 Å². The number of hydrogen-bond donors (Lipinski definition) is 1. The predicted molar refractivity (Wildman–Crippen MR) is 83.7 cm³/mol. The molecule has 0 radical (unpaired) electrons. The van der Waals surface area contributed by atoms with Gasteiger partial charge in [0.2, 0.25) is 0 Å². The molecule has 0 spiro atoms. The van der Waals surface area contributed by atoms with Crippen molar-refractivity contribution in [2.24, 2.45) is 0 Å². The highest BCUT2D eigenvalue weighted by molar-refractivity contribution is 9.10. The van der Waals surface area contributed by atoms with E-state index in [9.17, 15) is 0 Å². The van der Waals surface area contributed by atoms with Crippen molar-refractivity contribution in [1.82, 2.24) is 19.6 Å². The molecule has 2 N–H and O–H groups in total. The molecule has 0 aliphatic heterocycles. The Bertz CT molecular complexity index is 942. The number of fused-ring (bicyclic) bond motifs is 2. The summed E-state index contributed by atoms with van der Waals surface area (Å²) < 4.78 is 2.35. The molecule has 0 aliphatic carbocycles. The molecule has 4 aromatic heterocycles. The van der Waals surface area contributed by atoms with Gasteiger partial charge in [-0.15, -0.1) is 11.3 Å². The number of pyridine rings is 1. The highest BCUT2D eigenvalue weighted by Crippen LogP contribution is 2.29. The van der Waals surface area contributed by atoms with E-state index in [0.717, 1.165) is 31.5 Å². The van der Waals surface area contributed by atoms with Gasteiger partial charge in [-0.2, -0.15) is 9.61 Å². The lowest BCUT2D eigenvalue weighted by atomic mass is 10.1. The number of aromatic nitrogens is 4. The van der Waals surface area contributed by atoms with Crippen LogP contribution in [-0.2, 0) is 0 Å². The van der Waals surface area contributed by atoms with Crippen LogP contribution in [0.2, 0.25) is 0 Å². The molecule has 0 fully saturated rings. The molecule has 0 atom stereocenters. The zero-order valence-corrected chi connectivity index (χ0v) is 12.5. The van der Waals surface area contributed by atoms with Gasteiger partial charge in [-0.05, 0) is 33.4 Å². The molecule has 4 rings (SSSR count). The normalized spacial score (nSPS) is 11.4. The van der Waals surface area contributed by atoms with E-state index in [1.807, 2.05) is 11.6 Å². The van der Waals surface area contributed by atoms with Crippen LogP contribution in [0.25, 0.3) is 27.0 Å². The van der Waals surface area contributed by atoms with Gasteiger partial charge in [-0.1, -0.05) is 0 Å². The maximum absolute atomic E-state index is 5.98. The molecule has 4 aromatic rings. The number of rotatable bonds is 1. The van der Waals surface area contributed by atoms with E-state index in [-0.39, 0.29) is 0 Å². The topological polar surface area (TPSA) is 69.1 Å². The van der Waals surface area contributed by atoms with E-state index in [0.29, 0.717) is 5.82 Å². The van der Waals surface area contributed by atoms with Gasteiger partial charge in [0, 0.05) is 28.9 Å². The van der Waals surface area contributed by atoms with Crippen LogP contribution in [-0.4, -0.2) is 19.6 Å². The summed E-state index contributed by atoms with van der Waals surface area (Å²) in [6.07, 6.45) is 5.29. The number of anilines is 1. The molecule has 0 saturated carbocycles. The quantitative estimate of drug-likeness (QED) is 0.574. The Morgan fingerprint density at radius 1 is 1.20 bits per heavy atom. The third-order valence-corrected chi connectivity index (χ3v) is 4.58. The molecule has 5 nitrogen and oxygen atoms in total. The van der Waals surface area contributed by atoms with Crippen LogP contribution in [0.15, 0.2) is 40.6 Å². The van der Waals surface area contributed by atoms with Crippen molar-refractivity contribution in [3.05, 3.63) is 40.6 Å². The molecule has 0 aromatic carbocycles. The molecule has 0 unspecified atom stereocenters. The fourth-order valence-electron chi connectivity index (χ4n) is 2.14. The Hall–Kier alpha value is -1.99. The van der Waals surface area contributed by atoms with Crippen molar-refractivity contribution in [3.8, 4) is 11.1 Å². The molecule has 0 bridgehead atoms. The highest BCUT2D eigenvalue weighted by atomic mass is 79.9. The van der Waals surface area contributed by atoms with E-state index in [4.69, 9.17) is 5.73 Å². The van der Waals surface area contributed by atoms with Gasteiger partial charge in [-0.25, -0.2) is 9.97 Å². The summed E-state index contributed by atoms with van der Waals surface area (Å²) in [5.41, 5.74) is 8.61. The Morgan fingerprint density at radius 3 is 3.00 bits per heavy atom. The Labute approximate surface area is 126 Å². The van der Waals surface area contributed by atoms with Gasteiger partial charge < -0.3 is 5.73 Å². The summed E-state index contributed by atoms with van der Waals surface area (Å²) in [7, 11) is 0. The maximum Gasteiger partial charge on any atom is 0.165 e. The lowest BCUT2D eigenvalue weighted by molar-refractivity contribution is 0.947. The van der Waals surface area contributed by atoms with Crippen molar-refractivity contribution in [2.75, 3.05) is 5.73 Å². The molecule has 0 amide bonds. The van der Waals surface area contributed by atoms with Gasteiger partial charge in [0.15, 0.2) is 5.65 Å². The van der Waals surface area contributed by atoms with Gasteiger partial charge >= 0.3 is 0 Å². The molecule has 20 heavy (non-hydrogen) atoms. The zero-order chi connectivity index (χ0) is 13.7. The van der Waals surface area contributed by atoms with Gasteiger partial charge in [0.25, 0.3) is 0 Å².